The third-order valence-electron chi connectivity index (χ3n) is 4.54. The van der Waals surface area contributed by atoms with Crippen LogP contribution in [0.3, 0.4) is 0 Å². The molecular weight excluding hydrogens is 208 g/mol. The highest BCUT2D eigenvalue weighted by Crippen LogP contribution is 2.25. The summed E-state index contributed by atoms with van der Waals surface area (Å²) in [4.78, 5) is 2.75. The fourth-order valence-corrected chi connectivity index (χ4v) is 2.90. The number of hydrogen-bond acceptors (Lipinski definition) is 2. The van der Waals surface area contributed by atoms with E-state index in [2.05, 4.69) is 44.8 Å². The standard InChI is InChI=1S/C15H32N2/c1-6-9-13(4)10-17-11-14(7-2)16-12-15(17,5)8-3/h13-14,16H,6-12H2,1-5H3. The molecular formula is C15H32N2. The van der Waals surface area contributed by atoms with Crippen molar-refractivity contribution in [2.24, 2.45) is 5.92 Å². The maximum atomic E-state index is 3.70. The van der Waals surface area contributed by atoms with E-state index in [0.717, 1.165) is 12.5 Å². The summed E-state index contributed by atoms with van der Waals surface area (Å²) in [5, 5.41) is 3.70. The molecule has 17 heavy (non-hydrogen) atoms. The van der Waals surface area contributed by atoms with E-state index in [1.165, 1.54) is 38.8 Å². The molecule has 1 rings (SSSR count). The van der Waals surface area contributed by atoms with Crippen LogP contribution in [-0.4, -0.2) is 36.1 Å². The Hall–Kier alpha value is -0.0800. The fraction of sp³-hybridized carbons (Fsp3) is 1.00. The van der Waals surface area contributed by atoms with Crippen LogP contribution in [0.5, 0.6) is 0 Å². The quantitative estimate of drug-likeness (QED) is 0.766. The Bertz CT molecular complexity index is 217. The third kappa shape index (κ3) is 3.96. The van der Waals surface area contributed by atoms with E-state index in [1.807, 2.05) is 0 Å². The zero-order valence-electron chi connectivity index (χ0n) is 12.6. The molecule has 1 heterocycles. The van der Waals surface area contributed by atoms with Gasteiger partial charge in [0.15, 0.2) is 0 Å². The van der Waals surface area contributed by atoms with Crippen LogP contribution in [0, 0.1) is 5.92 Å². The van der Waals surface area contributed by atoms with Crippen molar-refractivity contribution in [2.45, 2.75) is 71.9 Å². The van der Waals surface area contributed by atoms with Gasteiger partial charge >= 0.3 is 0 Å². The highest BCUT2D eigenvalue weighted by atomic mass is 15.3. The van der Waals surface area contributed by atoms with Crippen LogP contribution in [0.2, 0.25) is 0 Å². The van der Waals surface area contributed by atoms with Crippen molar-refractivity contribution in [3.63, 3.8) is 0 Å². The predicted octanol–water partition coefficient (Wildman–Crippen LogP) is 3.28. The van der Waals surface area contributed by atoms with Gasteiger partial charge in [-0.25, -0.2) is 0 Å². The van der Waals surface area contributed by atoms with Gasteiger partial charge in [-0.3, -0.25) is 4.90 Å². The van der Waals surface area contributed by atoms with E-state index in [0.29, 0.717) is 11.6 Å². The van der Waals surface area contributed by atoms with E-state index in [-0.39, 0.29) is 0 Å². The maximum Gasteiger partial charge on any atom is 0.0304 e. The summed E-state index contributed by atoms with van der Waals surface area (Å²) in [7, 11) is 0. The van der Waals surface area contributed by atoms with E-state index >= 15 is 0 Å². The van der Waals surface area contributed by atoms with Gasteiger partial charge in [0.05, 0.1) is 0 Å². The smallest absolute Gasteiger partial charge is 0.0304 e. The first kappa shape index (κ1) is 15.0. The van der Waals surface area contributed by atoms with Crippen LogP contribution < -0.4 is 5.32 Å². The Morgan fingerprint density at radius 3 is 2.59 bits per heavy atom. The molecule has 2 nitrogen and oxygen atoms in total. The molecule has 0 aliphatic carbocycles. The lowest BCUT2D eigenvalue weighted by Crippen LogP contribution is -2.63. The summed E-state index contributed by atoms with van der Waals surface area (Å²) < 4.78 is 0. The van der Waals surface area contributed by atoms with Gasteiger partial charge in [-0.05, 0) is 32.1 Å². The fourth-order valence-electron chi connectivity index (χ4n) is 2.90. The largest absolute Gasteiger partial charge is 0.311 e. The molecule has 102 valence electrons. The Morgan fingerprint density at radius 2 is 2.06 bits per heavy atom. The molecule has 1 fully saturated rings. The second-order valence-electron chi connectivity index (χ2n) is 6.14. The first-order valence-corrected chi connectivity index (χ1v) is 7.54. The minimum Gasteiger partial charge on any atom is -0.311 e. The van der Waals surface area contributed by atoms with Crippen LogP contribution in [0.4, 0.5) is 0 Å². The molecule has 0 amide bonds. The molecule has 0 radical (unpaired) electrons. The maximum absolute atomic E-state index is 3.70. The lowest BCUT2D eigenvalue weighted by molar-refractivity contribution is 0.0350. The van der Waals surface area contributed by atoms with Crippen LogP contribution in [0.15, 0.2) is 0 Å². The van der Waals surface area contributed by atoms with Crippen LogP contribution >= 0.6 is 0 Å². The van der Waals surface area contributed by atoms with Crippen LogP contribution in [0.1, 0.15) is 60.3 Å². The Morgan fingerprint density at radius 1 is 1.35 bits per heavy atom. The van der Waals surface area contributed by atoms with Crippen molar-refractivity contribution in [1.82, 2.24) is 10.2 Å². The number of hydrogen-bond donors (Lipinski definition) is 1. The van der Waals surface area contributed by atoms with Crippen molar-refractivity contribution < 1.29 is 0 Å². The van der Waals surface area contributed by atoms with E-state index < -0.39 is 0 Å². The number of nitrogens with zero attached hydrogens (tertiary/aromatic N) is 1. The second kappa shape index (κ2) is 6.75. The minimum atomic E-state index is 0.369. The Kier molecular flexibility index (Phi) is 5.94. The third-order valence-corrected chi connectivity index (χ3v) is 4.54. The van der Waals surface area contributed by atoms with Crippen LogP contribution in [-0.2, 0) is 0 Å². The molecule has 1 N–H and O–H groups in total. The first-order chi connectivity index (χ1) is 8.05. The van der Waals surface area contributed by atoms with E-state index in [1.54, 1.807) is 0 Å². The number of piperazine rings is 1. The van der Waals surface area contributed by atoms with Gasteiger partial charge in [0, 0.05) is 31.2 Å². The lowest BCUT2D eigenvalue weighted by atomic mass is 9.90. The van der Waals surface area contributed by atoms with Crippen molar-refractivity contribution in [2.75, 3.05) is 19.6 Å². The molecule has 0 aromatic rings. The molecule has 3 unspecified atom stereocenters. The normalized spacial score (nSPS) is 32.6. The summed E-state index contributed by atoms with van der Waals surface area (Å²) in [5.74, 6) is 0.835. The Balaban J connectivity index is 2.61. The monoisotopic (exact) mass is 240 g/mol. The molecule has 0 spiro atoms. The van der Waals surface area contributed by atoms with Gasteiger partial charge in [0.2, 0.25) is 0 Å². The summed E-state index contributed by atoms with van der Waals surface area (Å²) in [6.07, 6.45) is 5.17. The summed E-state index contributed by atoms with van der Waals surface area (Å²) >= 11 is 0. The minimum absolute atomic E-state index is 0.369. The predicted molar refractivity (Wildman–Crippen MR) is 76.4 cm³/mol. The number of nitrogens with one attached hydrogen (secondary N) is 1. The average molecular weight is 240 g/mol. The van der Waals surface area contributed by atoms with Gasteiger partial charge < -0.3 is 5.32 Å². The molecule has 0 aromatic carbocycles. The molecule has 1 aliphatic rings. The van der Waals surface area contributed by atoms with Gasteiger partial charge in [0.25, 0.3) is 0 Å². The van der Waals surface area contributed by atoms with Gasteiger partial charge in [-0.1, -0.05) is 34.1 Å². The summed E-state index contributed by atoms with van der Waals surface area (Å²) in [6, 6.07) is 0.698. The summed E-state index contributed by atoms with van der Waals surface area (Å²) in [6.45, 7) is 15.4. The van der Waals surface area contributed by atoms with Crippen molar-refractivity contribution in [3.8, 4) is 0 Å². The van der Waals surface area contributed by atoms with Gasteiger partial charge in [-0.2, -0.15) is 0 Å². The SMILES string of the molecule is CCCC(C)CN1CC(CC)NCC1(C)CC. The molecule has 1 saturated heterocycles. The first-order valence-electron chi connectivity index (χ1n) is 7.54. The highest BCUT2D eigenvalue weighted by molar-refractivity contribution is 4.95. The Labute approximate surface area is 108 Å². The molecule has 2 heteroatoms. The van der Waals surface area contributed by atoms with Crippen molar-refractivity contribution >= 4 is 0 Å². The molecule has 3 atom stereocenters. The van der Waals surface area contributed by atoms with Crippen molar-refractivity contribution in [3.05, 3.63) is 0 Å². The van der Waals surface area contributed by atoms with Gasteiger partial charge in [0.1, 0.15) is 0 Å². The van der Waals surface area contributed by atoms with E-state index in [9.17, 15) is 0 Å². The number of rotatable bonds is 6. The zero-order valence-corrected chi connectivity index (χ0v) is 12.6. The van der Waals surface area contributed by atoms with Gasteiger partial charge in [-0.15, -0.1) is 0 Å². The molecule has 0 bridgehead atoms. The van der Waals surface area contributed by atoms with Crippen LogP contribution in [0.25, 0.3) is 0 Å². The van der Waals surface area contributed by atoms with Crippen molar-refractivity contribution in [1.29, 1.82) is 0 Å². The topological polar surface area (TPSA) is 15.3 Å². The average Bonchev–Trinajstić information content (AvgIpc) is 2.32. The lowest BCUT2D eigenvalue weighted by Gasteiger charge is -2.48. The van der Waals surface area contributed by atoms with E-state index in [4.69, 9.17) is 0 Å². The molecule has 0 aromatic heterocycles. The summed E-state index contributed by atoms with van der Waals surface area (Å²) in [5.41, 5.74) is 0.369. The molecule has 0 saturated carbocycles. The molecule has 1 aliphatic heterocycles. The highest BCUT2D eigenvalue weighted by Gasteiger charge is 2.35. The second-order valence-corrected chi connectivity index (χ2v) is 6.14. The zero-order chi connectivity index (χ0) is 12.9.